The molecular formula is C19H24N4O. The second kappa shape index (κ2) is 6.42. The van der Waals surface area contributed by atoms with Crippen LogP contribution in [0.25, 0.3) is 10.9 Å². The molecule has 0 saturated carbocycles. The van der Waals surface area contributed by atoms with Crippen LogP contribution in [-0.2, 0) is 24.2 Å². The molecule has 1 aliphatic heterocycles. The normalized spacial score (nSPS) is 18.2. The topological polar surface area (TPSA) is 46.1 Å². The van der Waals surface area contributed by atoms with Gasteiger partial charge < -0.3 is 14.3 Å². The largest absolute Gasteiger partial charge is 0.384 e. The molecule has 0 aliphatic carbocycles. The molecule has 1 unspecified atom stereocenters. The van der Waals surface area contributed by atoms with E-state index in [1.54, 1.807) is 7.11 Å². The maximum Gasteiger partial charge on any atom is 0.126 e. The quantitative estimate of drug-likeness (QED) is 0.784. The number of H-pyrrole nitrogens is 1. The maximum atomic E-state index is 5.21. The van der Waals surface area contributed by atoms with Gasteiger partial charge in [-0.05, 0) is 24.6 Å². The Labute approximate surface area is 142 Å². The molecule has 0 amide bonds. The number of hydrogen-bond donors (Lipinski definition) is 1. The van der Waals surface area contributed by atoms with Crippen molar-refractivity contribution in [3.8, 4) is 0 Å². The van der Waals surface area contributed by atoms with Crippen molar-refractivity contribution in [2.45, 2.75) is 32.5 Å². The third kappa shape index (κ3) is 2.64. The Morgan fingerprint density at radius 2 is 2.21 bits per heavy atom. The van der Waals surface area contributed by atoms with E-state index >= 15 is 0 Å². The van der Waals surface area contributed by atoms with E-state index in [2.05, 4.69) is 45.6 Å². The van der Waals surface area contributed by atoms with Crippen LogP contribution in [0, 0.1) is 0 Å². The maximum absolute atomic E-state index is 5.21. The van der Waals surface area contributed by atoms with Crippen molar-refractivity contribution in [3.63, 3.8) is 0 Å². The van der Waals surface area contributed by atoms with E-state index in [1.807, 2.05) is 12.4 Å². The Kier molecular flexibility index (Phi) is 4.12. The molecule has 0 bridgehead atoms. The van der Waals surface area contributed by atoms with Crippen LogP contribution in [0.4, 0.5) is 0 Å². The minimum absolute atomic E-state index is 0.323. The number of nitrogens with zero attached hydrogens (tertiary/aromatic N) is 3. The average Bonchev–Trinajstić information content (AvgIpc) is 3.23. The van der Waals surface area contributed by atoms with E-state index in [4.69, 9.17) is 9.72 Å². The molecule has 1 aliphatic rings. The van der Waals surface area contributed by atoms with Gasteiger partial charge in [0.15, 0.2) is 0 Å². The minimum Gasteiger partial charge on any atom is -0.384 e. The van der Waals surface area contributed by atoms with Gasteiger partial charge in [0.25, 0.3) is 0 Å². The summed E-state index contributed by atoms with van der Waals surface area (Å²) in [6.07, 6.45) is 4.96. The lowest BCUT2D eigenvalue weighted by Crippen LogP contribution is -2.37. The third-order valence-corrected chi connectivity index (χ3v) is 5.12. The Hall–Kier alpha value is -2.11. The zero-order valence-corrected chi connectivity index (χ0v) is 14.3. The Morgan fingerprint density at radius 3 is 3.08 bits per heavy atom. The summed E-state index contributed by atoms with van der Waals surface area (Å²) >= 11 is 0. The van der Waals surface area contributed by atoms with Gasteiger partial charge in [0, 0.05) is 62.2 Å². The SMILES string of the molecule is COCCc1cnc2n1CCN(Cc1cccc3[nH]ccc13)C2C. The van der Waals surface area contributed by atoms with E-state index in [9.17, 15) is 0 Å². The second-order valence-corrected chi connectivity index (χ2v) is 6.50. The van der Waals surface area contributed by atoms with Crippen LogP contribution in [-0.4, -0.2) is 39.7 Å². The van der Waals surface area contributed by atoms with Gasteiger partial charge in [0.05, 0.1) is 12.6 Å². The van der Waals surface area contributed by atoms with Crippen LogP contribution in [0.3, 0.4) is 0 Å². The lowest BCUT2D eigenvalue weighted by molar-refractivity contribution is 0.153. The molecule has 126 valence electrons. The summed E-state index contributed by atoms with van der Waals surface area (Å²) in [6.45, 7) is 6.01. The van der Waals surface area contributed by atoms with Gasteiger partial charge in [-0.15, -0.1) is 0 Å². The summed E-state index contributed by atoms with van der Waals surface area (Å²) < 4.78 is 7.58. The number of nitrogens with one attached hydrogen (secondary N) is 1. The molecule has 0 fully saturated rings. The zero-order chi connectivity index (χ0) is 16.5. The van der Waals surface area contributed by atoms with Gasteiger partial charge in [-0.1, -0.05) is 12.1 Å². The molecule has 0 spiro atoms. The summed E-state index contributed by atoms with van der Waals surface area (Å²) in [5.41, 5.74) is 3.87. The molecule has 0 saturated heterocycles. The number of aromatic amines is 1. The second-order valence-electron chi connectivity index (χ2n) is 6.50. The fourth-order valence-corrected chi connectivity index (χ4v) is 3.73. The van der Waals surface area contributed by atoms with Crippen molar-refractivity contribution in [1.29, 1.82) is 0 Å². The van der Waals surface area contributed by atoms with E-state index in [-0.39, 0.29) is 0 Å². The molecule has 5 nitrogen and oxygen atoms in total. The van der Waals surface area contributed by atoms with Crippen molar-refractivity contribution in [2.24, 2.45) is 0 Å². The van der Waals surface area contributed by atoms with Gasteiger partial charge in [0.1, 0.15) is 5.82 Å². The van der Waals surface area contributed by atoms with Crippen molar-refractivity contribution < 1.29 is 4.74 Å². The lowest BCUT2D eigenvalue weighted by atomic mass is 10.1. The highest BCUT2D eigenvalue weighted by molar-refractivity contribution is 5.82. The summed E-state index contributed by atoms with van der Waals surface area (Å²) in [5, 5.41) is 1.32. The van der Waals surface area contributed by atoms with Crippen molar-refractivity contribution in [2.75, 3.05) is 20.3 Å². The molecular weight excluding hydrogens is 300 g/mol. The highest BCUT2D eigenvalue weighted by Gasteiger charge is 2.27. The van der Waals surface area contributed by atoms with Crippen LogP contribution in [0.1, 0.15) is 30.0 Å². The molecule has 1 atom stereocenters. The molecule has 1 N–H and O–H groups in total. The highest BCUT2D eigenvalue weighted by atomic mass is 16.5. The minimum atomic E-state index is 0.323. The number of aromatic nitrogens is 3. The van der Waals surface area contributed by atoms with Crippen LogP contribution in [0.2, 0.25) is 0 Å². The summed E-state index contributed by atoms with van der Waals surface area (Å²) in [5.74, 6) is 1.17. The van der Waals surface area contributed by atoms with Gasteiger partial charge in [-0.25, -0.2) is 4.98 Å². The fourth-order valence-electron chi connectivity index (χ4n) is 3.73. The fraction of sp³-hybridized carbons (Fsp3) is 0.421. The van der Waals surface area contributed by atoms with E-state index in [0.29, 0.717) is 6.04 Å². The molecule has 4 rings (SSSR count). The summed E-state index contributed by atoms with van der Waals surface area (Å²) in [6, 6.07) is 8.99. The molecule has 24 heavy (non-hydrogen) atoms. The first-order valence-corrected chi connectivity index (χ1v) is 8.60. The molecule has 1 aromatic carbocycles. The number of fused-ring (bicyclic) bond motifs is 2. The van der Waals surface area contributed by atoms with Gasteiger partial charge in [-0.3, -0.25) is 4.90 Å². The van der Waals surface area contributed by atoms with E-state index in [0.717, 1.165) is 32.7 Å². The first-order chi connectivity index (χ1) is 11.8. The Balaban J connectivity index is 1.56. The van der Waals surface area contributed by atoms with Gasteiger partial charge in [0.2, 0.25) is 0 Å². The Morgan fingerprint density at radius 1 is 1.29 bits per heavy atom. The van der Waals surface area contributed by atoms with Gasteiger partial charge >= 0.3 is 0 Å². The zero-order valence-electron chi connectivity index (χ0n) is 14.3. The number of ether oxygens (including phenoxy) is 1. The number of methoxy groups -OCH3 is 1. The van der Waals surface area contributed by atoms with Crippen LogP contribution >= 0.6 is 0 Å². The first-order valence-electron chi connectivity index (χ1n) is 8.60. The first kappa shape index (κ1) is 15.4. The predicted molar refractivity (Wildman–Crippen MR) is 94.9 cm³/mol. The summed E-state index contributed by atoms with van der Waals surface area (Å²) in [7, 11) is 1.75. The van der Waals surface area contributed by atoms with E-state index in [1.165, 1.54) is 28.0 Å². The van der Waals surface area contributed by atoms with Crippen LogP contribution < -0.4 is 0 Å². The molecule has 0 radical (unpaired) electrons. The van der Waals surface area contributed by atoms with Crippen molar-refractivity contribution in [3.05, 3.63) is 53.7 Å². The van der Waals surface area contributed by atoms with Crippen molar-refractivity contribution in [1.82, 2.24) is 19.4 Å². The van der Waals surface area contributed by atoms with Crippen LogP contribution in [0.5, 0.6) is 0 Å². The lowest BCUT2D eigenvalue weighted by Gasteiger charge is -2.34. The van der Waals surface area contributed by atoms with Crippen LogP contribution in [0.15, 0.2) is 36.7 Å². The van der Waals surface area contributed by atoms with E-state index < -0.39 is 0 Å². The Bertz CT molecular complexity index is 835. The smallest absolute Gasteiger partial charge is 0.126 e. The standard InChI is InChI=1S/C19H24N4O/c1-14-19-21-12-16(7-11-24-2)23(19)10-9-22(14)13-15-4-3-5-18-17(15)6-8-20-18/h3-6,8,12,14,20H,7,9-11,13H2,1-2H3. The predicted octanol–water partition coefficient (Wildman–Crippen LogP) is 3.13. The highest BCUT2D eigenvalue weighted by Crippen LogP contribution is 2.28. The number of rotatable bonds is 5. The monoisotopic (exact) mass is 324 g/mol. The number of hydrogen-bond acceptors (Lipinski definition) is 3. The number of imidazole rings is 1. The van der Waals surface area contributed by atoms with Gasteiger partial charge in [-0.2, -0.15) is 0 Å². The summed E-state index contributed by atoms with van der Waals surface area (Å²) in [4.78, 5) is 10.5. The third-order valence-electron chi connectivity index (χ3n) is 5.12. The molecule has 5 heteroatoms. The average molecular weight is 324 g/mol. The molecule has 3 aromatic rings. The van der Waals surface area contributed by atoms with Crippen molar-refractivity contribution >= 4 is 10.9 Å². The molecule has 2 aromatic heterocycles. The molecule has 3 heterocycles. The number of benzene rings is 1.